The van der Waals surface area contributed by atoms with Gasteiger partial charge in [0.05, 0.1) is 17.1 Å². The molecule has 1 aliphatic heterocycles. The van der Waals surface area contributed by atoms with Gasteiger partial charge < -0.3 is 5.11 Å². The van der Waals surface area contributed by atoms with Crippen molar-refractivity contribution in [2.45, 2.75) is 64.5 Å². The molecule has 1 N–H and O–H groups in total. The molecular weight excluding hydrogens is 262 g/mol. The summed E-state index contributed by atoms with van der Waals surface area (Å²) < 4.78 is 22.9. The maximum atomic E-state index is 11.4. The van der Waals surface area contributed by atoms with Crippen LogP contribution in [0.4, 0.5) is 0 Å². The van der Waals surface area contributed by atoms with E-state index in [2.05, 4.69) is 25.7 Å². The van der Waals surface area contributed by atoms with E-state index in [0.29, 0.717) is 25.4 Å². The number of unbranched alkanes of at least 4 members (excludes halogenated alkanes) is 2. The van der Waals surface area contributed by atoms with E-state index in [4.69, 9.17) is 0 Å². The van der Waals surface area contributed by atoms with Gasteiger partial charge in [-0.3, -0.25) is 4.90 Å². The van der Waals surface area contributed by atoms with E-state index < -0.39 is 15.4 Å². The number of hydrogen-bond donors (Lipinski definition) is 1. The number of aliphatic hydroxyl groups is 1. The Kier molecular flexibility index (Phi) is 6.27. The van der Waals surface area contributed by atoms with Crippen LogP contribution in [0, 0.1) is 0 Å². The number of hydrogen-bond acceptors (Lipinski definition) is 4. The summed E-state index contributed by atoms with van der Waals surface area (Å²) >= 11 is 0. The van der Waals surface area contributed by atoms with Gasteiger partial charge in [-0.2, -0.15) is 0 Å². The summed E-state index contributed by atoms with van der Waals surface area (Å²) in [5.41, 5.74) is -0.818. The van der Waals surface area contributed by atoms with Gasteiger partial charge >= 0.3 is 0 Å². The van der Waals surface area contributed by atoms with Crippen LogP contribution >= 0.6 is 0 Å². The van der Waals surface area contributed by atoms with Gasteiger partial charge in [-0.25, -0.2) is 8.42 Å². The monoisotopic (exact) mass is 291 g/mol. The standard InChI is InChI=1S/C14H29NO3S/c1-4-5-6-9-15(13(2)3)12-14(16)7-10-19(17,18)11-8-14/h13,16H,4-12H2,1-3H3. The Hall–Kier alpha value is -0.130. The van der Waals surface area contributed by atoms with E-state index in [-0.39, 0.29) is 11.5 Å². The molecule has 0 aromatic rings. The summed E-state index contributed by atoms with van der Waals surface area (Å²) in [6, 6.07) is 0.388. The number of rotatable bonds is 7. The van der Waals surface area contributed by atoms with Crippen molar-refractivity contribution in [3.8, 4) is 0 Å². The van der Waals surface area contributed by atoms with Gasteiger partial charge in [0.1, 0.15) is 0 Å². The van der Waals surface area contributed by atoms with Gasteiger partial charge in [0.25, 0.3) is 0 Å². The van der Waals surface area contributed by atoms with Crippen LogP contribution in [0.15, 0.2) is 0 Å². The largest absolute Gasteiger partial charge is 0.388 e. The second-order valence-electron chi connectivity index (χ2n) is 6.15. The molecule has 1 heterocycles. The molecule has 114 valence electrons. The minimum absolute atomic E-state index is 0.129. The summed E-state index contributed by atoms with van der Waals surface area (Å²) in [5, 5.41) is 10.6. The summed E-state index contributed by atoms with van der Waals surface area (Å²) in [6.45, 7) is 8.04. The van der Waals surface area contributed by atoms with Gasteiger partial charge in [0.15, 0.2) is 9.84 Å². The molecule has 0 amide bonds. The molecule has 0 saturated carbocycles. The summed E-state index contributed by atoms with van der Waals surface area (Å²) in [6.07, 6.45) is 4.30. The van der Waals surface area contributed by atoms with Crippen molar-refractivity contribution >= 4 is 9.84 Å². The molecule has 5 heteroatoms. The van der Waals surface area contributed by atoms with Gasteiger partial charge in [0.2, 0.25) is 0 Å². The fraction of sp³-hybridized carbons (Fsp3) is 1.00. The molecule has 0 bridgehead atoms. The third-order valence-corrected chi connectivity index (χ3v) is 5.69. The molecule has 0 aromatic carbocycles. The molecule has 1 fully saturated rings. The molecule has 1 rings (SSSR count). The third-order valence-electron chi connectivity index (χ3n) is 4.03. The third kappa shape index (κ3) is 5.79. The average molecular weight is 291 g/mol. The SMILES string of the molecule is CCCCCN(CC1(O)CCS(=O)(=O)CC1)C(C)C. The van der Waals surface area contributed by atoms with Crippen LogP contribution in [0.3, 0.4) is 0 Å². The maximum Gasteiger partial charge on any atom is 0.150 e. The molecular formula is C14H29NO3S. The Balaban J connectivity index is 2.53. The smallest absolute Gasteiger partial charge is 0.150 e. The highest BCUT2D eigenvalue weighted by Gasteiger charge is 2.37. The fourth-order valence-corrected chi connectivity index (χ4v) is 4.12. The second kappa shape index (κ2) is 7.04. The first-order chi connectivity index (χ1) is 8.78. The number of nitrogens with zero attached hydrogens (tertiary/aromatic N) is 1. The molecule has 0 spiro atoms. The lowest BCUT2D eigenvalue weighted by molar-refractivity contribution is -0.0132. The highest BCUT2D eigenvalue weighted by Crippen LogP contribution is 2.25. The zero-order valence-corrected chi connectivity index (χ0v) is 13.4. The first-order valence-corrected chi connectivity index (χ1v) is 9.27. The van der Waals surface area contributed by atoms with E-state index in [9.17, 15) is 13.5 Å². The number of sulfone groups is 1. The molecule has 0 unspecified atom stereocenters. The first-order valence-electron chi connectivity index (χ1n) is 7.45. The van der Waals surface area contributed by atoms with Crippen molar-refractivity contribution < 1.29 is 13.5 Å². The molecule has 0 aliphatic carbocycles. The zero-order chi connectivity index (χ0) is 14.5. The van der Waals surface area contributed by atoms with Crippen molar-refractivity contribution in [3.05, 3.63) is 0 Å². The second-order valence-corrected chi connectivity index (χ2v) is 8.45. The van der Waals surface area contributed by atoms with Crippen LogP contribution < -0.4 is 0 Å². The lowest BCUT2D eigenvalue weighted by Gasteiger charge is -2.38. The van der Waals surface area contributed by atoms with E-state index in [1.807, 2.05) is 0 Å². The highest BCUT2D eigenvalue weighted by molar-refractivity contribution is 7.91. The van der Waals surface area contributed by atoms with E-state index in [1.54, 1.807) is 0 Å². The lowest BCUT2D eigenvalue weighted by atomic mass is 9.95. The average Bonchev–Trinajstić information content (AvgIpc) is 2.33. The Morgan fingerprint density at radius 2 is 1.79 bits per heavy atom. The van der Waals surface area contributed by atoms with Crippen LogP contribution in [0.1, 0.15) is 52.9 Å². The Labute approximate surface area is 118 Å². The van der Waals surface area contributed by atoms with Crippen molar-refractivity contribution in [3.63, 3.8) is 0 Å². The van der Waals surface area contributed by atoms with Crippen molar-refractivity contribution in [2.75, 3.05) is 24.6 Å². The van der Waals surface area contributed by atoms with E-state index >= 15 is 0 Å². The topological polar surface area (TPSA) is 57.6 Å². The Bertz CT molecular complexity index is 351. The van der Waals surface area contributed by atoms with E-state index in [1.165, 1.54) is 12.8 Å². The lowest BCUT2D eigenvalue weighted by Crippen LogP contribution is -2.50. The summed E-state index contributed by atoms with van der Waals surface area (Å²) in [4.78, 5) is 2.29. The molecule has 0 atom stereocenters. The molecule has 1 saturated heterocycles. The van der Waals surface area contributed by atoms with Crippen LogP contribution in [-0.4, -0.2) is 54.7 Å². The maximum absolute atomic E-state index is 11.4. The highest BCUT2D eigenvalue weighted by atomic mass is 32.2. The van der Waals surface area contributed by atoms with Crippen molar-refractivity contribution in [1.82, 2.24) is 4.90 Å². The molecule has 4 nitrogen and oxygen atoms in total. The predicted octanol–water partition coefficient (Wildman–Crippen LogP) is 1.83. The quantitative estimate of drug-likeness (QED) is 0.727. The van der Waals surface area contributed by atoms with Crippen LogP contribution in [0.25, 0.3) is 0 Å². The first kappa shape index (κ1) is 16.9. The fourth-order valence-electron chi connectivity index (χ4n) is 2.54. The van der Waals surface area contributed by atoms with Crippen LogP contribution in [0.2, 0.25) is 0 Å². The van der Waals surface area contributed by atoms with E-state index in [0.717, 1.165) is 13.0 Å². The van der Waals surface area contributed by atoms with Gasteiger partial charge in [-0.1, -0.05) is 19.8 Å². The summed E-state index contributed by atoms with van der Waals surface area (Å²) in [5.74, 6) is 0.259. The molecule has 19 heavy (non-hydrogen) atoms. The minimum Gasteiger partial charge on any atom is -0.388 e. The van der Waals surface area contributed by atoms with Crippen molar-refractivity contribution in [1.29, 1.82) is 0 Å². The van der Waals surface area contributed by atoms with Gasteiger partial charge in [-0.15, -0.1) is 0 Å². The minimum atomic E-state index is -2.91. The zero-order valence-electron chi connectivity index (χ0n) is 12.6. The van der Waals surface area contributed by atoms with Crippen LogP contribution in [-0.2, 0) is 9.84 Å². The molecule has 1 aliphatic rings. The summed E-state index contributed by atoms with van der Waals surface area (Å²) in [7, 11) is -2.91. The molecule has 0 aromatic heterocycles. The van der Waals surface area contributed by atoms with Crippen molar-refractivity contribution in [2.24, 2.45) is 0 Å². The van der Waals surface area contributed by atoms with Gasteiger partial charge in [-0.05, 0) is 39.7 Å². The van der Waals surface area contributed by atoms with Gasteiger partial charge in [0, 0.05) is 12.6 Å². The van der Waals surface area contributed by atoms with Crippen LogP contribution in [0.5, 0.6) is 0 Å². The Morgan fingerprint density at radius 3 is 2.26 bits per heavy atom. The molecule has 0 radical (unpaired) electrons. The normalized spacial score (nSPS) is 22.0. The Morgan fingerprint density at radius 1 is 1.21 bits per heavy atom. The predicted molar refractivity (Wildman–Crippen MR) is 79.1 cm³/mol.